The maximum atomic E-state index is 13.7. The summed E-state index contributed by atoms with van der Waals surface area (Å²) < 4.78 is 5.58. The lowest BCUT2D eigenvalue weighted by Crippen LogP contribution is -2.63. The number of aromatic hydroxyl groups is 1. The predicted octanol–water partition coefficient (Wildman–Crippen LogP) is 0.738. The number of anilines is 1. The molecule has 0 radical (unpaired) electrons. The number of hydrogen-bond donors (Lipinski definition) is 5. The number of hydrogen-bond acceptors (Lipinski definition) is 9. The number of aliphatic hydroxyl groups is 3. The Hall–Kier alpha value is -2.95. The second-order valence-corrected chi connectivity index (χ2v) is 9.94. The molecule has 190 valence electrons. The lowest BCUT2D eigenvalue weighted by atomic mass is 9.57. The van der Waals surface area contributed by atoms with Crippen molar-refractivity contribution in [3.8, 4) is 5.75 Å². The molecule has 2 unspecified atom stereocenters. The van der Waals surface area contributed by atoms with Gasteiger partial charge in [0, 0.05) is 43.4 Å². The third-order valence-corrected chi connectivity index (χ3v) is 7.53. The minimum absolute atomic E-state index is 0.000827. The zero-order valence-corrected chi connectivity index (χ0v) is 20.1. The minimum atomic E-state index is -2.51. The number of aliphatic hydroxyl groups excluding tert-OH is 2. The van der Waals surface area contributed by atoms with Crippen LogP contribution >= 0.6 is 0 Å². The fraction of sp³-hybridized carbons (Fsp3) is 0.560. The molecule has 0 heterocycles. The zero-order chi connectivity index (χ0) is 25.8. The fourth-order valence-electron chi connectivity index (χ4n) is 5.86. The number of nitrogens with two attached hydrogens (primary N) is 1. The van der Waals surface area contributed by atoms with Gasteiger partial charge < -0.3 is 35.8 Å². The van der Waals surface area contributed by atoms with Crippen LogP contribution in [0.15, 0.2) is 17.4 Å². The molecule has 10 nitrogen and oxygen atoms in total. The van der Waals surface area contributed by atoms with Gasteiger partial charge in [0.15, 0.2) is 17.2 Å². The Bertz CT molecular complexity index is 1130. The van der Waals surface area contributed by atoms with Crippen LogP contribution in [-0.2, 0) is 27.4 Å². The van der Waals surface area contributed by atoms with E-state index in [1.54, 1.807) is 6.07 Å². The summed E-state index contributed by atoms with van der Waals surface area (Å²) in [6, 6.07) is 1.77. The van der Waals surface area contributed by atoms with E-state index in [2.05, 4.69) is 0 Å². The molecule has 0 spiro atoms. The highest BCUT2D eigenvalue weighted by Gasteiger charge is 2.62. The van der Waals surface area contributed by atoms with Crippen molar-refractivity contribution >= 4 is 23.2 Å². The number of ether oxygens (including phenoxy) is 1. The Morgan fingerprint density at radius 3 is 2.54 bits per heavy atom. The second kappa shape index (κ2) is 8.92. The summed E-state index contributed by atoms with van der Waals surface area (Å²) >= 11 is 0. The molecule has 1 aromatic carbocycles. The normalized spacial score (nSPS) is 30.0. The number of ketones is 2. The van der Waals surface area contributed by atoms with Crippen LogP contribution in [0.5, 0.6) is 5.75 Å². The molecule has 0 aromatic heterocycles. The van der Waals surface area contributed by atoms with Crippen molar-refractivity contribution in [3.63, 3.8) is 0 Å². The molecule has 35 heavy (non-hydrogen) atoms. The van der Waals surface area contributed by atoms with E-state index in [4.69, 9.17) is 10.5 Å². The number of carbonyl (C=O) groups excluding carboxylic acids is 3. The minimum Gasteiger partial charge on any atom is -0.508 e. The van der Waals surface area contributed by atoms with E-state index in [-0.39, 0.29) is 42.8 Å². The van der Waals surface area contributed by atoms with Crippen LogP contribution in [0.4, 0.5) is 5.69 Å². The van der Waals surface area contributed by atoms with Gasteiger partial charge >= 0.3 is 0 Å². The molecule has 0 bridgehead atoms. The van der Waals surface area contributed by atoms with Gasteiger partial charge in [-0.25, -0.2) is 0 Å². The molecular formula is C25H32N2O8. The van der Waals surface area contributed by atoms with Crippen LogP contribution in [-0.4, -0.2) is 70.3 Å². The van der Waals surface area contributed by atoms with Crippen LogP contribution in [0.1, 0.15) is 47.7 Å². The van der Waals surface area contributed by atoms with Crippen LogP contribution in [0, 0.1) is 17.8 Å². The van der Waals surface area contributed by atoms with Crippen molar-refractivity contribution in [1.29, 1.82) is 0 Å². The van der Waals surface area contributed by atoms with Crippen LogP contribution in [0.3, 0.4) is 0 Å². The third kappa shape index (κ3) is 3.71. The molecule has 0 aliphatic heterocycles. The van der Waals surface area contributed by atoms with Crippen molar-refractivity contribution in [2.45, 2.75) is 50.9 Å². The number of carbonyl (C=O) groups is 3. The van der Waals surface area contributed by atoms with E-state index in [1.807, 2.05) is 25.9 Å². The number of allylic oxidation sites excluding steroid dienone is 1. The van der Waals surface area contributed by atoms with E-state index in [1.165, 1.54) is 0 Å². The first-order chi connectivity index (χ1) is 16.4. The van der Waals surface area contributed by atoms with E-state index in [0.29, 0.717) is 23.4 Å². The Kier molecular flexibility index (Phi) is 6.41. The SMILES string of the molecule is CCCOCc1cc(N(C)C)c2c(c1O)C(=O)C1=C(O)[C@]3(O)C(=O)C(C(N)=O)C(O)C[C@@H]3C[C@@H]1C2. The lowest BCUT2D eigenvalue weighted by Gasteiger charge is -2.48. The standard InChI is InChI=1S/C25H32N2O8/c1-4-5-35-10-12-8-15(27(2)3)14-7-11-6-13-9-16(28)19(24(26)33)23(32)25(13,34)22(31)17(11)21(30)18(14)20(12)29/h8,11,13,16,19,28-29,31,34H,4-7,9-10H2,1-3H3,(H2,26,33)/t11-,13+,16?,19?,25+/m1/s1. The first-order valence-electron chi connectivity index (χ1n) is 11.8. The molecule has 6 N–H and O–H groups in total. The van der Waals surface area contributed by atoms with Crippen molar-refractivity contribution < 1.29 is 39.5 Å². The first kappa shape index (κ1) is 25.2. The summed E-state index contributed by atoms with van der Waals surface area (Å²) in [6.07, 6.45) is -0.344. The molecule has 4 rings (SSSR count). The second-order valence-electron chi connectivity index (χ2n) is 9.94. The molecule has 0 saturated heterocycles. The summed E-state index contributed by atoms with van der Waals surface area (Å²) in [5, 5.41) is 43.9. The number of rotatable bonds is 6. The summed E-state index contributed by atoms with van der Waals surface area (Å²) in [5.74, 6) is -7.15. The van der Waals surface area contributed by atoms with Crippen molar-refractivity contribution in [2.24, 2.45) is 23.5 Å². The Balaban J connectivity index is 1.86. The van der Waals surface area contributed by atoms with E-state index < -0.39 is 52.7 Å². The molecule has 1 saturated carbocycles. The molecular weight excluding hydrogens is 456 g/mol. The summed E-state index contributed by atoms with van der Waals surface area (Å²) in [6.45, 7) is 2.50. The van der Waals surface area contributed by atoms with Gasteiger partial charge in [-0.2, -0.15) is 0 Å². The number of nitrogens with zero attached hydrogens (tertiary/aromatic N) is 1. The topological polar surface area (TPSA) is 171 Å². The number of fused-ring (bicyclic) bond motifs is 3. The number of primary amides is 1. The largest absolute Gasteiger partial charge is 0.508 e. The van der Waals surface area contributed by atoms with Gasteiger partial charge in [-0.3, -0.25) is 14.4 Å². The van der Waals surface area contributed by atoms with Gasteiger partial charge in [-0.15, -0.1) is 0 Å². The Morgan fingerprint density at radius 1 is 1.26 bits per heavy atom. The van der Waals surface area contributed by atoms with Gasteiger partial charge in [-0.05, 0) is 43.2 Å². The van der Waals surface area contributed by atoms with Gasteiger partial charge in [0.2, 0.25) is 5.91 Å². The average molecular weight is 489 g/mol. The molecule has 5 atom stereocenters. The lowest BCUT2D eigenvalue weighted by molar-refractivity contribution is -0.167. The molecule has 3 aliphatic rings. The van der Waals surface area contributed by atoms with Gasteiger partial charge in [-0.1, -0.05) is 6.92 Å². The smallest absolute Gasteiger partial charge is 0.230 e. The van der Waals surface area contributed by atoms with Crippen LogP contribution in [0.25, 0.3) is 0 Å². The maximum Gasteiger partial charge on any atom is 0.230 e. The molecule has 1 aromatic rings. The summed E-state index contributed by atoms with van der Waals surface area (Å²) in [7, 11) is 3.63. The Labute approximate surface area is 203 Å². The number of benzene rings is 1. The van der Waals surface area contributed by atoms with Gasteiger partial charge in [0.1, 0.15) is 17.4 Å². The van der Waals surface area contributed by atoms with E-state index in [0.717, 1.165) is 6.42 Å². The third-order valence-electron chi connectivity index (χ3n) is 7.53. The number of phenols is 1. The fourth-order valence-corrected chi connectivity index (χ4v) is 5.86. The Morgan fingerprint density at radius 2 is 1.94 bits per heavy atom. The average Bonchev–Trinajstić information content (AvgIpc) is 2.77. The maximum absolute atomic E-state index is 13.7. The van der Waals surface area contributed by atoms with Crippen molar-refractivity contribution in [1.82, 2.24) is 0 Å². The van der Waals surface area contributed by atoms with E-state index >= 15 is 0 Å². The van der Waals surface area contributed by atoms with Crippen LogP contribution in [0.2, 0.25) is 0 Å². The quantitative estimate of drug-likeness (QED) is 0.286. The van der Waals surface area contributed by atoms with Gasteiger partial charge in [0.05, 0.1) is 18.3 Å². The molecule has 1 amide bonds. The molecule has 10 heteroatoms. The highest BCUT2D eigenvalue weighted by molar-refractivity contribution is 6.16. The predicted molar refractivity (Wildman–Crippen MR) is 125 cm³/mol. The monoisotopic (exact) mass is 488 g/mol. The number of Topliss-reactive ketones (excluding diaryl/α,β-unsaturated/α-hetero) is 2. The molecule has 1 fully saturated rings. The summed E-state index contributed by atoms with van der Waals surface area (Å²) in [4.78, 5) is 40.5. The number of phenolic OH excluding ortho intramolecular Hbond substituents is 1. The zero-order valence-electron chi connectivity index (χ0n) is 20.1. The first-order valence-corrected chi connectivity index (χ1v) is 11.8. The van der Waals surface area contributed by atoms with Crippen LogP contribution < -0.4 is 10.6 Å². The van der Waals surface area contributed by atoms with Crippen molar-refractivity contribution in [2.75, 3.05) is 25.6 Å². The molecule has 3 aliphatic carbocycles. The van der Waals surface area contributed by atoms with Crippen molar-refractivity contribution in [3.05, 3.63) is 34.1 Å². The summed E-state index contributed by atoms with van der Waals surface area (Å²) in [5.41, 5.74) is 4.34. The van der Waals surface area contributed by atoms with E-state index in [9.17, 15) is 34.8 Å². The highest BCUT2D eigenvalue weighted by atomic mass is 16.5. The van der Waals surface area contributed by atoms with Gasteiger partial charge in [0.25, 0.3) is 0 Å². The number of amides is 1. The highest BCUT2D eigenvalue weighted by Crippen LogP contribution is 2.52.